The molecule has 2 N–H and O–H groups in total. The predicted molar refractivity (Wildman–Crippen MR) is 64.4 cm³/mol. The number of hydrogen-bond acceptors (Lipinski definition) is 4. The minimum Gasteiger partial charge on any atom is -0.390 e. The van der Waals surface area contributed by atoms with Crippen LogP contribution in [0.1, 0.15) is 27.1 Å². The Morgan fingerprint density at radius 3 is 2.21 bits per heavy atom. The van der Waals surface area contributed by atoms with Crippen molar-refractivity contribution in [2.45, 2.75) is 18.6 Å². The van der Waals surface area contributed by atoms with E-state index in [0.29, 0.717) is 13.0 Å². The predicted octanol–water partition coefficient (Wildman–Crippen LogP) is -0.468. The Balaban J connectivity index is 2.02. The molecule has 1 aromatic rings. The molecule has 1 saturated heterocycles. The molecule has 0 saturated carbocycles. The number of amides is 3. The second-order valence-electron chi connectivity index (χ2n) is 4.62. The lowest BCUT2D eigenvalue weighted by Gasteiger charge is -2.32. The zero-order valence-electron chi connectivity index (χ0n) is 10.00. The minimum absolute atomic E-state index is 0.276. The van der Waals surface area contributed by atoms with Gasteiger partial charge in [-0.15, -0.1) is 0 Å². The number of hydrogen-bond donors (Lipinski definition) is 2. The number of piperidine rings is 1. The van der Waals surface area contributed by atoms with Gasteiger partial charge in [0, 0.05) is 6.54 Å². The van der Waals surface area contributed by atoms with Crippen LogP contribution in [0.4, 0.5) is 0 Å². The highest BCUT2D eigenvalue weighted by molar-refractivity contribution is 6.22. The number of carbonyl (C=O) groups is 3. The summed E-state index contributed by atoms with van der Waals surface area (Å²) in [5.74, 6) is -1.54. The highest BCUT2D eigenvalue weighted by atomic mass is 16.3. The third-order valence-electron chi connectivity index (χ3n) is 3.48. The van der Waals surface area contributed by atoms with Crippen molar-refractivity contribution in [3.05, 3.63) is 35.4 Å². The van der Waals surface area contributed by atoms with E-state index < -0.39 is 29.9 Å². The largest absolute Gasteiger partial charge is 0.390 e. The van der Waals surface area contributed by atoms with Crippen LogP contribution in [0.25, 0.3) is 0 Å². The maximum atomic E-state index is 12.2. The van der Waals surface area contributed by atoms with Crippen molar-refractivity contribution in [2.75, 3.05) is 6.54 Å². The molecule has 19 heavy (non-hydrogen) atoms. The summed E-state index contributed by atoms with van der Waals surface area (Å²) < 4.78 is 0. The van der Waals surface area contributed by atoms with E-state index in [0.717, 1.165) is 4.90 Å². The fourth-order valence-corrected chi connectivity index (χ4v) is 2.53. The van der Waals surface area contributed by atoms with Gasteiger partial charge in [0.15, 0.2) is 0 Å². The van der Waals surface area contributed by atoms with Crippen molar-refractivity contribution in [3.63, 3.8) is 0 Å². The van der Waals surface area contributed by atoms with E-state index in [1.807, 2.05) is 0 Å². The molecule has 0 aliphatic carbocycles. The molecule has 0 radical (unpaired) electrons. The highest BCUT2D eigenvalue weighted by Crippen LogP contribution is 2.27. The average Bonchev–Trinajstić information content (AvgIpc) is 2.64. The number of aliphatic hydroxyl groups is 1. The van der Waals surface area contributed by atoms with Crippen molar-refractivity contribution in [1.29, 1.82) is 0 Å². The van der Waals surface area contributed by atoms with Gasteiger partial charge < -0.3 is 10.4 Å². The monoisotopic (exact) mass is 260 g/mol. The van der Waals surface area contributed by atoms with Gasteiger partial charge in [0.25, 0.3) is 11.8 Å². The summed E-state index contributed by atoms with van der Waals surface area (Å²) in [6, 6.07) is 5.27. The van der Waals surface area contributed by atoms with Crippen molar-refractivity contribution in [1.82, 2.24) is 10.2 Å². The number of benzene rings is 1. The molecule has 0 aromatic heterocycles. The van der Waals surface area contributed by atoms with Crippen LogP contribution in [0.5, 0.6) is 0 Å². The molecule has 2 aliphatic heterocycles. The van der Waals surface area contributed by atoms with Crippen molar-refractivity contribution < 1.29 is 19.5 Å². The van der Waals surface area contributed by atoms with Crippen LogP contribution in [-0.4, -0.2) is 46.4 Å². The molecule has 1 aromatic carbocycles. The van der Waals surface area contributed by atoms with Gasteiger partial charge in [-0.1, -0.05) is 12.1 Å². The fourth-order valence-electron chi connectivity index (χ4n) is 2.53. The summed E-state index contributed by atoms with van der Waals surface area (Å²) in [5.41, 5.74) is 0.552. The Morgan fingerprint density at radius 1 is 1.11 bits per heavy atom. The highest BCUT2D eigenvalue weighted by Gasteiger charge is 2.46. The molecular weight excluding hydrogens is 248 g/mol. The van der Waals surface area contributed by atoms with E-state index in [-0.39, 0.29) is 11.1 Å². The van der Waals surface area contributed by atoms with Crippen molar-refractivity contribution in [3.8, 4) is 0 Å². The number of carbonyl (C=O) groups excluding carboxylic acids is 3. The first kappa shape index (κ1) is 11.9. The van der Waals surface area contributed by atoms with E-state index in [4.69, 9.17) is 0 Å². The van der Waals surface area contributed by atoms with Crippen LogP contribution in [0.3, 0.4) is 0 Å². The van der Waals surface area contributed by atoms with E-state index in [9.17, 15) is 19.5 Å². The van der Waals surface area contributed by atoms with Crippen molar-refractivity contribution >= 4 is 17.7 Å². The Bertz CT molecular complexity index is 549. The van der Waals surface area contributed by atoms with Crippen LogP contribution in [-0.2, 0) is 4.79 Å². The topological polar surface area (TPSA) is 86.7 Å². The molecule has 1 fully saturated rings. The molecule has 6 heteroatoms. The Labute approximate surface area is 109 Å². The van der Waals surface area contributed by atoms with Crippen LogP contribution >= 0.6 is 0 Å². The van der Waals surface area contributed by atoms with Gasteiger partial charge in [0.1, 0.15) is 6.04 Å². The lowest BCUT2D eigenvalue weighted by Crippen LogP contribution is -2.59. The summed E-state index contributed by atoms with van der Waals surface area (Å²) in [4.78, 5) is 37.1. The summed E-state index contributed by atoms with van der Waals surface area (Å²) in [5, 5.41) is 12.5. The first-order valence-corrected chi connectivity index (χ1v) is 6.04. The molecular formula is C13H12N2O4. The number of nitrogens with zero attached hydrogens (tertiary/aromatic N) is 1. The lowest BCUT2D eigenvalue weighted by atomic mass is 10.0. The molecule has 0 bridgehead atoms. The fraction of sp³-hybridized carbons (Fsp3) is 0.308. The third-order valence-corrected chi connectivity index (χ3v) is 3.48. The maximum absolute atomic E-state index is 12.2. The van der Waals surface area contributed by atoms with E-state index >= 15 is 0 Å². The smallest absolute Gasteiger partial charge is 0.262 e. The summed E-state index contributed by atoms with van der Waals surface area (Å²) in [6.07, 6.45) is -0.694. The van der Waals surface area contributed by atoms with Gasteiger partial charge in [0.05, 0.1) is 17.2 Å². The van der Waals surface area contributed by atoms with Gasteiger partial charge in [-0.2, -0.15) is 0 Å². The normalized spacial score (nSPS) is 26.4. The van der Waals surface area contributed by atoms with Gasteiger partial charge >= 0.3 is 0 Å². The summed E-state index contributed by atoms with van der Waals surface area (Å²) in [7, 11) is 0. The Kier molecular flexibility index (Phi) is 2.60. The molecule has 2 aliphatic rings. The SMILES string of the molecule is O=C1NCC[C@H](O)[C@H]1N1C(=O)c2ccccc2C1=O. The number of imide groups is 1. The van der Waals surface area contributed by atoms with Gasteiger partial charge in [-0.3, -0.25) is 19.3 Å². The Morgan fingerprint density at radius 2 is 1.68 bits per heavy atom. The van der Waals surface area contributed by atoms with Crippen molar-refractivity contribution in [2.24, 2.45) is 0 Å². The van der Waals surface area contributed by atoms with E-state index in [1.54, 1.807) is 24.3 Å². The second-order valence-corrected chi connectivity index (χ2v) is 4.62. The Hall–Kier alpha value is -2.21. The lowest BCUT2D eigenvalue weighted by molar-refractivity contribution is -0.131. The number of nitrogens with one attached hydrogen (secondary N) is 1. The molecule has 2 atom stereocenters. The second kappa shape index (κ2) is 4.17. The number of aliphatic hydroxyl groups excluding tert-OH is 1. The zero-order valence-corrected chi connectivity index (χ0v) is 10.00. The van der Waals surface area contributed by atoms with Crippen LogP contribution in [0.15, 0.2) is 24.3 Å². The first-order valence-electron chi connectivity index (χ1n) is 6.04. The third kappa shape index (κ3) is 1.64. The minimum atomic E-state index is -1.14. The molecule has 2 heterocycles. The van der Waals surface area contributed by atoms with Crippen LogP contribution in [0.2, 0.25) is 0 Å². The standard InChI is InChI=1S/C13H12N2O4/c16-9-5-6-14-11(17)10(9)15-12(18)7-3-1-2-4-8(7)13(15)19/h1-4,9-10,16H,5-6H2,(H,14,17)/t9-,10+/m0/s1. The first-order chi connectivity index (χ1) is 9.11. The molecule has 3 rings (SSSR count). The number of fused-ring (bicyclic) bond motifs is 1. The summed E-state index contributed by atoms with van der Waals surface area (Å²) >= 11 is 0. The average molecular weight is 260 g/mol. The molecule has 98 valence electrons. The maximum Gasteiger partial charge on any atom is 0.262 e. The molecule has 3 amide bonds. The van der Waals surface area contributed by atoms with Crippen LogP contribution in [0, 0.1) is 0 Å². The summed E-state index contributed by atoms with van der Waals surface area (Å²) in [6.45, 7) is 0.347. The van der Waals surface area contributed by atoms with E-state index in [2.05, 4.69) is 5.32 Å². The van der Waals surface area contributed by atoms with Gasteiger partial charge in [-0.25, -0.2) is 0 Å². The quantitative estimate of drug-likeness (QED) is 0.668. The zero-order chi connectivity index (χ0) is 13.6. The van der Waals surface area contributed by atoms with E-state index in [1.165, 1.54) is 0 Å². The molecule has 0 spiro atoms. The van der Waals surface area contributed by atoms with Crippen LogP contribution < -0.4 is 5.32 Å². The number of rotatable bonds is 1. The molecule has 0 unspecified atom stereocenters. The molecule has 6 nitrogen and oxygen atoms in total. The van der Waals surface area contributed by atoms with Gasteiger partial charge in [-0.05, 0) is 18.6 Å². The van der Waals surface area contributed by atoms with Gasteiger partial charge in [0.2, 0.25) is 5.91 Å².